The highest BCUT2D eigenvalue weighted by atomic mass is 32.2. The fourth-order valence-corrected chi connectivity index (χ4v) is 3.46. The standard InChI is InChI=1S/C17H17N5O2S/c1-10-8-14-20-21-17(22(14)13-5-3-2-4-12(10)13)25-9-15(23)19-16(24)18-11-6-7-11/h2-5,8,11H,6-7,9H2,1H3,(H2,18,19,23,24). The lowest BCUT2D eigenvalue weighted by Crippen LogP contribution is -2.41. The molecule has 1 aliphatic rings. The van der Waals surface area contributed by atoms with Crippen LogP contribution in [0, 0.1) is 6.92 Å². The molecule has 4 rings (SSSR count). The van der Waals surface area contributed by atoms with Gasteiger partial charge in [-0.3, -0.25) is 14.5 Å². The SMILES string of the molecule is Cc1cc2nnc(SCC(=O)NC(=O)NC3CC3)n2c2ccccc12. The summed E-state index contributed by atoms with van der Waals surface area (Å²) in [6.45, 7) is 2.04. The molecule has 7 nitrogen and oxygen atoms in total. The Labute approximate surface area is 148 Å². The zero-order valence-corrected chi connectivity index (χ0v) is 14.5. The second-order valence-electron chi connectivity index (χ2n) is 6.11. The average Bonchev–Trinajstić information content (AvgIpc) is 3.30. The summed E-state index contributed by atoms with van der Waals surface area (Å²) in [5.41, 5.74) is 2.86. The summed E-state index contributed by atoms with van der Waals surface area (Å²) < 4.78 is 1.94. The molecule has 2 heterocycles. The lowest BCUT2D eigenvalue weighted by atomic mass is 10.1. The molecule has 3 aromatic rings. The van der Waals surface area contributed by atoms with Crippen LogP contribution >= 0.6 is 11.8 Å². The Morgan fingerprint density at radius 3 is 2.88 bits per heavy atom. The summed E-state index contributed by atoms with van der Waals surface area (Å²) in [4.78, 5) is 23.6. The number of nitrogens with one attached hydrogen (secondary N) is 2. The van der Waals surface area contributed by atoms with E-state index in [0.29, 0.717) is 5.16 Å². The van der Waals surface area contributed by atoms with E-state index in [1.807, 2.05) is 41.7 Å². The van der Waals surface area contributed by atoms with Crippen LogP contribution in [-0.2, 0) is 4.79 Å². The Morgan fingerprint density at radius 2 is 2.08 bits per heavy atom. The molecule has 0 aliphatic heterocycles. The number of carbonyl (C=O) groups excluding carboxylic acids is 2. The molecule has 0 bridgehead atoms. The molecule has 128 valence electrons. The number of aryl methyl sites for hydroxylation is 1. The van der Waals surface area contributed by atoms with Crippen LogP contribution in [0.15, 0.2) is 35.5 Å². The number of pyridine rings is 1. The average molecular weight is 355 g/mol. The van der Waals surface area contributed by atoms with E-state index in [0.717, 1.165) is 35.0 Å². The van der Waals surface area contributed by atoms with E-state index in [-0.39, 0.29) is 17.7 Å². The van der Waals surface area contributed by atoms with Gasteiger partial charge in [-0.25, -0.2) is 4.79 Å². The van der Waals surface area contributed by atoms with Crippen molar-refractivity contribution in [1.29, 1.82) is 0 Å². The van der Waals surface area contributed by atoms with E-state index in [4.69, 9.17) is 0 Å². The summed E-state index contributed by atoms with van der Waals surface area (Å²) in [7, 11) is 0. The van der Waals surface area contributed by atoms with Gasteiger partial charge in [0.2, 0.25) is 5.91 Å². The van der Waals surface area contributed by atoms with Crippen LogP contribution in [0.1, 0.15) is 18.4 Å². The summed E-state index contributed by atoms with van der Waals surface area (Å²) in [6.07, 6.45) is 1.96. The van der Waals surface area contributed by atoms with E-state index < -0.39 is 6.03 Å². The number of carbonyl (C=O) groups is 2. The summed E-state index contributed by atoms with van der Waals surface area (Å²) in [6, 6.07) is 9.77. The molecule has 3 amide bonds. The van der Waals surface area contributed by atoms with Crippen molar-refractivity contribution in [2.45, 2.75) is 31.0 Å². The number of fused-ring (bicyclic) bond motifs is 3. The van der Waals surface area contributed by atoms with Gasteiger partial charge in [0, 0.05) is 11.4 Å². The smallest absolute Gasteiger partial charge is 0.321 e. The first-order chi connectivity index (χ1) is 12.1. The highest BCUT2D eigenvalue weighted by molar-refractivity contribution is 7.99. The minimum Gasteiger partial charge on any atom is -0.335 e. The highest BCUT2D eigenvalue weighted by Gasteiger charge is 2.24. The number of hydrogen-bond donors (Lipinski definition) is 2. The molecule has 25 heavy (non-hydrogen) atoms. The van der Waals surface area contributed by atoms with Crippen LogP contribution in [0.4, 0.5) is 4.79 Å². The third-order valence-electron chi connectivity index (χ3n) is 4.07. The summed E-state index contributed by atoms with van der Waals surface area (Å²) in [5, 5.41) is 15.2. The molecule has 1 saturated carbocycles. The number of amides is 3. The number of hydrogen-bond acceptors (Lipinski definition) is 5. The zero-order valence-electron chi connectivity index (χ0n) is 13.7. The predicted molar refractivity (Wildman–Crippen MR) is 95.7 cm³/mol. The molecule has 0 spiro atoms. The first-order valence-corrected chi connectivity index (χ1v) is 9.07. The van der Waals surface area contributed by atoms with Crippen LogP contribution in [0.3, 0.4) is 0 Å². The molecule has 0 unspecified atom stereocenters. The number of aromatic nitrogens is 3. The number of para-hydroxylation sites is 1. The van der Waals surface area contributed by atoms with Gasteiger partial charge in [0.05, 0.1) is 11.3 Å². The number of thioether (sulfide) groups is 1. The van der Waals surface area contributed by atoms with Gasteiger partial charge in [0.25, 0.3) is 0 Å². The van der Waals surface area contributed by atoms with Crippen molar-refractivity contribution in [3.05, 3.63) is 35.9 Å². The molecular weight excluding hydrogens is 338 g/mol. The van der Waals surface area contributed by atoms with E-state index in [2.05, 4.69) is 20.8 Å². The fourth-order valence-electron chi connectivity index (χ4n) is 2.71. The maximum atomic E-state index is 12.0. The molecule has 0 atom stereocenters. The minimum atomic E-state index is -0.430. The summed E-state index contributed by atoms with van der Waals surface area (Å²) in [5.74, 6) is -0.252. The molecule has 0 saturated heterocycles. The van der Waals surface area contributed by atoms with E-state index in [9.17, 15) is 9.59 Å². The Hall–Kier alpha value is -2.61. The highest BCUT2D eigenvalue weighted by Crippen LogP contribution is 2.25. The first-order valence-electron chi connectivity index (χ1n) is 8.08. The van der Waals surface area contributed by atoms with Crippen molar-refractivity contribution in [1.82, 2.24) is 25.2 Å². The summed E-state index contributed by atoms with van der Waals surface area (Å²) >= 11 is 1.26. The topological polar surface area (TPSA) is 88.4 Å². The third kappa shape index (κ3) is 3.30. The maximum absolute atomic E-state index is 12.0. The second kappa shape index (κ2) is 6.36. The Kier molecular flexibility index (Phi) is 4.04. The number of urea groups is 1. The van der Waals surface area contributed by atoms with Crippen LogP contribution < -0.4 is 10.6 Å². The van der Waals surface area contributed by atoms with Crippen LogP contribution in [0.5, 0.6) is 0 Å². The first kappa shape index (κ1) is 15.9. The minimum absolute atomic E-state index is 0.0983. The molecule has 1 aliphatic carbocycles. The second-order valence-corrected chi connectivity index (χ2v) is 7.05. The van der Waals surface area contributed by atoms with Gasteiger partial charge >= 0.3 is 6.03 Å². The van der Waals surface area contributed by atoms with Crippen LogP contribution in [-0.4, -0.2) is 38.3 Å². The lowest BCUT2D eigenvalue weighted by molar-refractivity contribution is -0.117. The molecule has 1 fully saturated rings. The van der Waals surface area contributed by atoms with Crippen molar-refractivity contribution in [2.75, 3.05) is 5.75 Å². The molecule has 8 heteroatoms. The lowest BCUT2D eigenvalue weighted by Gasteiger charge is -2.07. The Morgan fingerprint density at radius 1 is 1.28 bits per heavy atom. The van der Waals surface area contributed by atoms with Gasteiger partial charge in [-0.1, -0.05) is 30.0 Å². The van der Waals surface area contributed by atoms with Gasteiger partial charge in [0.1, 0.15) is 0 Å². The maximum Gasteiger partial charge on any atom is 0.321 e. The van der Waals surface area contributed by atoms with E-state index in [1.54, 1.807) is 0 Å². The molecule has 2 N–H and O–H groups in total. The largest absolute Gasteiger partial charge is 0.335 e. The monoisotopic (exact) mass is 355 g/mol. The molecule has 0 radical (unpaired) electrons. The van der Waals surface area contributed by atoms with Gasteiger partial charge in [0.15, 0.2) is 10.8 Å². The van der Waals surface area contributed by atoms with E-state index in [1.165, 1.54) is 11.8 Å². The van der Waals surface area contributed by atoms with Crippen LogP contribution in [0.2, 0.25) is 0 Å². The quantitative estimate of drug-likeness (QED) is 0.701. The van der Waals surface area contributed by atoms with Gasteiger partial charge in [-0.15, -0.1) is 10.2 Å². The van der Waals surface area contributed by atoms with Gasteiger partial charge in [-0.2, -0.15) is 0 Å². The number of nitrogens with zero attached hydrogens (tertiary/aromatic N) is 3. The normalized spacial score (nSPS) is 14.0. The molecule has 2 aromatic heterocycles. The zero-order chi connectivity index (χ0) is 17.4. The van der Waals surface area contributed by atoms with E-state index >= 15 is 0 Å². The number of rotatable bonds is 4. The molecule has 1 aromatic carbocycles. The van der Waals surface area contributed by atoms with Crippen molar-refractivity contribution < 1.29 is 9.59 Å². The number of benzene rings is 1. The fraction of sp³-hybridized carbons (Fsp3) is 0.294. The van der Waals surface area contributed by atoms with Crippen molar-refractivity contribution >= 4 is 40.3 Å². The van der Waals surface area contributed by atoms with Crippen molar-refractivity contribution in [3.63, 3.8) is 0 Å². The predicted octanol–water partition coefficient (Wildman–Crippen LogP) is 2.27. The van der Waals surface area contributed by atoms with Crippen molar-refractivity contribution in [3.8, 4) is 0 Å². The van der Waals surface area contributed by atoms with Crippen LogP contribution in [0.25, 0.3) is 16.6 Å². The van der Waals surface area contributed by atoms with Crippen molar-refractivity contribution in [2.24, 2.45) is 0 Å². The molecular formula is C17H17N5O2S. The van der Waals surface area contributed by atoms with Gasteiger partial charge in [-0.05, 0) is 37.5 Å². The number of imide groups is 1. The van der Waals surface area contributed by atoms with Gasteiger partial charge < -0.3 is 5.32 Å². The Bertz CT molecular complexity index is 980. The Balaban J connectivity index is 1.52. The third-order valence-corrected chi connectivity index (χ3v) is 5.00.